The highest BCUT2D eigenvalue weighted by atomic mass is 128. The molecule has 3 nitrogen and oxygen atoms in total. The Bertz CT molecular complexity index is 889. The Kier molecular flexibility index (Phi) is 9.61. The number of anilines is 2. The molecule has 0 atom stereocenters. The minimum Gasteiger partial charge on any atom is -0.378 e. The van der Waals surface area contributed by atoms with Crippen molar-refractivity contribution in [1.29, 1.82) is 0 Å². The van der Waals surface area contributed by atoms with Crippen molar-refractivity contribution >= 4 is 59.9 Å². The molecular formula is C25H30I2N3+. The van der Waals surface area contributed by atoms with E-state index in [1.807, 2.05) is 0 Å². The van der Waals surface area contributed by atoms with Crippen LogP contribution in [0.3, 0.4) is 0 Å². The second-order valence-corrected chi connectivity index (χ2v) is 7.70. The van der Waals surface area contributed by atoms with Gasteiger partial charge in [-0.3, -0.25) is 0 Å². The van der Waals surface area contributed by atoms with Gasteiger partial charge in [-0.15, -0.1) is 0 Å². The molecule has 1 aliphatic carbocycles. The predicted molar refractivity (Wildman–Crippen MR) is 151 cm³/mol. The van der Waals surface area contributed by atoms with Gasteiger partial charge < -0.3 is 9.80 Å². The highest BCUT2D eigenvalue weighted by molar-refractivity contribution is 15.0. The Morgan fingerprint density at radius 1 is 0.633 bits per heavy atom. The van der Waals surface area contributed by atoms with E-state index < -0.39 is 0 Å². The molecule has 0 fully saturated rings. The largest absolute Gasteiger partial charge is 0.378 e. The van der Waals surface area contributed by atoms with Crippen LogP contribution < -0.4 is 9.80 Å². The molecule has 5 heteroatoms. The normalized spacial score (nSPS) is 12.3. The van der Waals surface area contributed by atoms with Crippen molar-refractivity contribution < 1.29 is 4.58 Å². The summed E-state index contributed by atoms with van der Waals surface area (Å²) < 4.78 is 2.13. The van der Waals surface area contributed by atoms with Crippen molar-refractivity contribution in [3.05, 3.63) is 89.5 Å². The lowest BCUT2D eigenvalue weighted by molar-refractivity contribution is -0.462. The van der Waals surface area contributed by atoms with E-state index in [9.17, 15) is 0 Å². The average molecular weight is 626 g/mol. The van der Waals surface area contributed by atoms with E-state index in [-0.39, 0.29) is 0 Å². The smallest absolute Gasteiger partial charge is 0.199 e. The molecule has 0 saturated carbocycles. The molecular weight excluding hydrogens is 596 g/mol. The van der Waals surface area contributed by atoms with E-state index in [1.54, 1.807) is 0 Å². The van der Waals surface area contributed by atoms with Crippen molar-refractivity contribution in [2.75, 3.05) is 52.1 Å². The molecule has 158 valence electrons. The first-order valence-electron chi connectivity index (χ1n) is 9.71. The van der Waals surface area contributed by atoms with E-state index in [2.05, 4.69) is 167 Å². The molecule has 3 rings (SSSR count). The van der Waals surface area contributed by atoms with Crippen LogP contribution in [-0.2, 0) is 0 Å². The van der Waals surface area contributed by atoms with Crippen LogP contribution in [0, 0.1) is 0 Å². The van der Waals surface area contributed by atoms with Gasteiger partial charge in [0.1, 0.15) is 14.1 Å². The molecule has 0 bridgehead atoms. The SMILES string of the molecule is CN(C)c1ccc(C(=C2C=CC(=[N+](C)C)C=C2)c2ccc(N(C)C)cc2)cc1.II. The molecule has 0 unspecified atom stereocenters. The second kappa shape index (κ2) is 11.7. The third-order valence-corrected chi connectivity index (χ3v) is 5.02. The average Bonchev–Trinajstić information content (AvgIpc) is 2.76. The van der Waals surface area contributed by atoms with Crippen LogP contribution in [0.2, 0.25) is 0 Å². The van der Waals surface area contributed by atoms with Gasteiger partial charge in [-0.05, 0) is 58.7 Å². The van der Waals surface area contributed by atoms with Crippen LogP contribution in [0.5, 0.6) is 0 Å². The minimum atomic E-state index is 1.20. The number of benzene rings is 2. The summed E-state index contributed by atoms with van der Waals surface area (Å²) >= 11 is 4.24. The summed E-state index contributed by atoms with van der Waals surface area (Å²) in [6.07, 6.45) is 8.78. The topological polar surface area (TPSA) is 9.49 Å². The Balaban J connectivity index is 0.00000155. The molecule has 0 heterocycles. The summed E-state index contributed by atoms with van der Waals surface area (Å²) in [6.45, 7) is 0. The number of rotatable bonds is 4. The number of allylic oxidation sites excluding steroid dienone is 5. The molecule has 1 aliphatic rings. The van der Waals surface area contributed by atoms with E-state index in [0.29, 0.717) is 0 Å². The molecule has 0 spiro atoms. The summed E-state index contributed by atoms with van der Waals surface area (Å²) in [5.41, 5.74) is 8.53. The quantitative estimate of drug-likeness (QED) is 0.294. The molecule has 0 aliphatic heterocycles. The van der Waals surface area contributed by atoms with Crippen LogP contribution in [-0.4, -0.2) is 52.6 Å². The van der Waals surface area contributed by atoms with Gasteiger partial charge in [-0.2, -0.15) is 0 Å². The Labute approximate surface area is 204 Å². The summed E-state index contributed by atoms with van der Waals surface area (Å²) in [4.78, 5) is 4.25. The lowest BCUT2D eigenvalue weighted by atomic mass is 9.90. The van der Waals surface area contributed by atoms with E-state index in [0.717, 1.165) is 0 Å². The summed E-state index contributed by atoms with van der Waals surface area (Å²) in [5, 5.41) is 0. The molecule has 0 N–H and O–H groups in total. The maximum atomic E-state index is 2.21. The van der Waals surface area contributed by atoms with E-state index >= 15 is 0 Å². The van der Waals surface area contributed by atoms with Gasteiger partial charge in [-0.1, -0.05) is 24.3 Å². The lowest BCUT2D eigenvalue weighted by Gasteiger charge is -2.18. The maximum absolute atomic E-state index is 2.21. The monoisotopic (exact) mass is 626 g/mol. The fourth-order valence-electron chi connectivity index (χ4n) is 3.28. The van der Waals surface area contributed by atoms with Gasteiger partial charge in [0.25, 0.3) is 0 Å². The molecule has 2 aromatic carbocycles. The molecule has 0 amide bonds. The van der Waals surface area contributed by atoms with Crippen molar-refractivity contribution in [3.63, 3.8) is 0 Å². The summed E-state index contributed by atoms with van der Waals surface area (Å²) in [6, 6.07) is 17.6. The van der Waals surface area contributed by atoms with Crippen LogP contribution >= 0.6 is 37.2 Å². The first-order valence-corrected chi connectivity index (χ1v) is 16.0. The summed E-state index contributed by atoms with van der Waals surface area (Å²) in [7, 11) is 12.4. The number of hydrogen-bond donors (Lipinski definition) is 0. The van der Waals surface area contributed by atoms with Crippen LogP contribution in [0.25, 0.3) is 5.57 Å². The molecule has 0 saturated heterocycles. The first kappa shape index (κ1) is 24.7. The molecule has 30 heavy (non-hydrogen) atoms. The zero-order chi connectivity index (χ0) is 22.3. The van der Waals surface area contributed by atoms with Gasteiger partial charge in [0.2, 0.25) is 0 Å². The lowest BCUT2D eigenvalue weighted by Crippen LogP contribution is -2.10. The van der Waals surface area contributed by atoms with E-state index in [4.69, 9.17) is 0 Å². The third-order valence-electron chi connectivity index (χ3n) is 5.02. The summed E-state index contributed by atoms with van der Waals surface area (Å²) in [5.74, 6) is 0. The second-order valence-electron chi connectivity index (χ2n) is 7.70. The van der Waals surface area contributed by atoms with Crippen molar-refractivity contribution in [2.24, 2.45) is 0 Å². The Hall–Kier alpha value is -1.61. The van der Waals surface area contributed by atoms with Crippen molar-refractivity contribution in [3.8, 4) is 0 Å². The fourth-order valence-corrected chi connectivity index (χ4v) is 3.28. The van der Waals surface area contributed by atoms with E-state index in [1.165, 1.54) is 39.4 Å². The number of hydrogen-bond acceptors (Lipinski definition) is 2. The molecule has 0 aromatic heterocycles. The maximum Gasteiger partial charge on any atom is 0.199 e. The third kappa shape index (κ3) is 6.20. The number of halogens is 2. The van der Waals surface area contributed by atoms with Gasteiger partial charge in [0, 0.05) is 88.9 Å². The zero-order valence-corrected chi connectivity index (χ0v) is 22.8. The van der Waals surface area contributed by atoms with Gasteiger partial charge in [0.05, 0.1) is 0 Å². The standard InChI is InChI=1S/C25H30N3.I2/c1-26(2)22-13-7-19(8-14-22)25(20-9-15-23(16-10-20)27(3)4)21-11-17-24(18-12-21)28(5)6;1-2/h7-18H,1-6H3;/q+1;. The highest BCUT2D eigenvalue weighted by Gasteiger charge is 2.13. The predicted octanol–water partition coefficient (Wildman–Crippen LogP) is 6.23. The first-order chi connectivity index (χ1) is 14.4. The van der Waals surface area contributed by atoms with Crippen LogP contribution in [0.4, 0.5) is 11.4 Å². The minimum absolute atomic E-state index is 1.20. The van der Waals surface area contributed by atoms with Gasteiger partial charge in [-0.25, -0.2) is 4.58 Å². The van der Waals surface area contributed by atoms with Crippen LogP contribution in [0.15, 0.2) is 78.4 Å². The Morgan fingerprint density at radius 3 is 1.30 bits per heavy atom. The highest BCUT2D eigenvalue weighted by Crippen LogP contribution is 2.31. The van der Waals surface area contributed by atoms with Crippen LogP contribution in [0.1, 0.15) is 11.1 Å². The van der Waals surface area contributed by atoms with Gasteiger partial charge >= 0.3 is 0 Å². The Morgan fingerprint density at radius 2 is 1.00 bits per heavy atom. The van der Waals surface area contributed by atoms with Crippen molar-refractivity contribution in [2.45, 2.75) is 0 Å². The zero-order valence-electron chi connectivity index (χ0n) is 18.5. The van der Waals surface area contributed by atoms with Crippen molar-refractivity contribution in [1.82, 2.24) is 0 Å². The van der Waals surface area contributed by atoms with Gasteiger partial charge in [0.15, 0.2) is 5.71 Å². The fraction of sp³-hybridized carbons (Fsp3) is 0.240. The molecule has 0 radical (unpaired) electrons. The molecule has 2 aromatic rings. The number of nitrogens with zero attached hydrogens (tertiary/aromatic N) is 3.